The molecule has 0 radical (unpaired) electrons. The van der Waals surface area contributed by atoms with Crippen molar-refractivity contribution >= 4 is 44.0 Å². The van der Waals surface area contributed by atoms with Crippen LogP contribution in [0.1, 0.15) is 36.5 Å². The summed E-state index contributed by atoms with van der Waals surface area (Å²) in [6, 6.07) is 7.45. The number of rotatable bonds is 6. The second-order valence-electron chi connectivity index (χ2n) is 6.56. The molecule has 0 unspecified atom stereocenters. The topological polar surface area (TPSA) is 69.2 Å². The average molecular weight is 512 g/mol. The van der Waals surface area contributed by atoms with E-state index in [4.69, 9.17) is 14.2 Å². The molecule has 0 saturated carbocycles. The Kier molecular flexibility index (Phi) is 6.61. The number of nitrogens with zero attached hydrogens (tertiary/aromatic N) is 1. The number of amides is 1. The Balaban J connectivity index is 1.61. The quantitative estimate of drug-likeness (QED) is 0.442. The summed E-state index contributed by atoms with van der Waals surface area (Å²) >= 11 is 7.12. The van der Waals surface area contributed by atoms with Crippen LogP contribution in [0.15, 0.2) is 38.3 Å². The first kappa shape index (κ1) is 20.7. The van der Waals surface area contributed by atoms with Gasteiger partial charge in [-0.15, -0.1) is 0 Å². The number of nitrogens with one attached hydrogen (secondary N) is 1. The molecular formula is C20H20Br2N2O4. The standard InChI is InChI=1S/C20H20Br2N2O4/c1-11(2)14-7-15(21)12(3)19(22)20(14)26-9-18(25)24-23-8-13-4-5-16-17(6-13)28-10-27-16/h4-8,11H,9-10H2,1-3H3,(H,24,25). The molecule has 0 atom stereocenters. The molecule has 2 aromatic carbocycles. The average Bonchev–Trinajstić information content (AvgIpc) is 3.13. The van der Waals surface area contributed by atoms with Gasteiger partial charge in [0.1, 0.15) is 5.75 Å². The maximum atomic E-state index is 12.1. The first-order valence-electron chi connectivity index (χ1n) is 8.69. The van der Waals surface area contributed by atoms with Crippen molar-refractivity contribution in [1.82, 2.24) is 5.43 Å². The molecule has 0 aromatic heterocycles. The number of hydrazone groups is 1. The fourth-order valence-electron chi connectivity index (χ4n) is 2.63. The highest BCUT2D eigenvalue weighted by Crippen LogP contribution is 2.40. The van der Waals surface area contributed by atoms with Crippen LogP contribution < -0.4 is 19.6 Å². The maximum Gasteiger partial charge on any atom is 0.277 e. The van der Waals surface area contributed by atoms with E-state index in [-0.39, 0.29) is 25.2 Å². The fraction of sp³-hybridized carbons (Fsp3) is 0.300. The van der Waals surface area contributed by atoms with Gasteiger partial charge in [0.05, 0.1) is 10.7 Å². The third kappa shape index (κ3) is 4.67. The van der Waals surface area contributed by atoms with Gasteiger partial charge in [-0.05, 0) is 69.7 Å². The van der Waals surface area contributed by atoms with E-state index in [1.54, 1.807) is 18.3 Å². The highest BCUT2D eigenvalue weighted by molar-refractivity contribution is 9.11. The third-order valence-corrected chi connectivity index (χ3v) is 5.98. The first-order chi connectivity index (χ1) is 13.4. The Bertz CT molecular complexity index is 929. The van der Waals surface area contributed by atoms with Crippen molar-refractivity contribution in [2.75, 3.05) is 13.4 Å². The van der Waals surface area contributed by atoms with Crippen LogP contribution in [0.25, 0.3) is 0 Å². The summed E-state index contributed by atoms with van der Waals surface area (Å²) in [7, 11) is 0. The highest BCUT2D eigenvalue weighted by Gasteiger charge is 2.17. The van der Waals surface area contributed by atoms with E-state index in [2.05, 4.69) is 56.2 Å². The second-order valence-corrected chi connectivity index (χ2v) is 8.21. The SMILES string of the molecule is Cc1c(Br)cc(C(C)C)c(OCC(=O)NN=Cc2ccc3c(c2)OCO3)c1Br. The van der Waals surface area contributed by atoms with Crippen LogP contribution in [-0.2, 0) is 4.79 Å². The van der Waals surface area contributed by atoms with E-state index in [9.17, 15) is 4.79 Å². The van der Waals surface area contributed by atoms with Gasteiger partial charge in [-0.3, -0.25) is 4.79 Å². The largest absolute Gasteiger partial charge is 0.482 e. The third-order valence-electron chi connectivity index (χ3n) is 4.20. The molecule has 3 rings (SSSR count). The number of carbonyl (C=O) groups is 1. The number of hydrogen-bond donors (Lipinski definition) is 1. The van der Waals surface area contributed by atoms with Crippen molar-refractivity contribution in [3.63, 3.8) is 0 Å². The smallest absolute Gasteiger partial charge is 0.277 e. The summed E-state index contributed by atoms with van der Waals surface area (Å²) in [5.74, 6) is 1.93. The molecule has 148 valence electrons. The Morgan fingerprint density at radius 1 is 1.29 bits per heavy atom. The lowest BCUT2D eigenvalue weighted by Crippen LogP contribution is -2.25. The minimum Gasteiger partial charge on any atom is -0.482 e. The van der Waals surface area contributed by atoms with E-state index in [1.165, 1.54) is 0 Å². The van der Waals surface area contributed by atoms with E-state index in [0.29, 0.717) is 17.2 Å². The molecule has 0 bridgehead atoms. The minimum absolute atomic E-state index is 0.141. The molecule has 28 heavy (non-hydrogen) atoms. The zero-order valence-electron chi connectivity index (χ0n) is 15.7. The Morgan fingerprint density at radius 2 is 2.04 bits per heavy atom. The first-order valence-corrected chi connectivity index (χ1v) is 10.3. The van der Waals surface area contributed by atoms with E-state index in [1.807, 2.05) is 19.1 Å². The number of fused-ring (bicyclic) bond motifs is 1. The molecule has 0 spiro atoms. The van der Waals surface area contributed by atoms with Crippen molar-refractivity contribution in [3.8, 4) is 17.2 Å². The summed E-state index contributed by atoms with van der Waals surface area (Å²) in [5, 5.41) is 3.97. The summed E-state index contributed by atoms with van der Waals surface area (Å²) in [6.45, 7) is 6.20. The normalized spacial score (nSPS) is 12.6. The summed E-state index contributed by atoms with van der Waals surface area (Å²) in [4.78, 5) is 12.1. The second kappa shape index (κ2) is 8.96. The van der Waals surface area contributed by atoms with Gasteiger partial charge < -0.3 is 14.2 Å². The van der Waals surface area contributed by atoms with Crippen LogP contribution in [-0.4, -0.2) is 25.5 Å². The van der Waals surface area contributed by atoms with Gasteiger partial charge in [-0.25, -0.2) is 5.43 Å². The molecular weight excluding hydrogens is 492 g/mol. The lowest BCUT2D eigenvalue weighted by atomic mass is 10.0. The minimum atomic E-state index is -0.348. The number of benzene rings is 2. The Hall–Kier alpha value is -2.06. The molecule has 0 fully saturated rings. The van der Waals surface area contributed by atoms with Gasteiger partial charge in [-0.2, -0.15) is 5.10 Å². The molecule has 1 aliphatic rings. The highest BCUT2D eigenvalue weighted by atomic mass is 79.9. The molecule has 1 N–H and O–H groups in total. The van der Waals surface area contributed by atoms with Crippen LogP contribution in [0.2, 0.25) is 0 Å². The van der Waals surface area contributed by atoms with Crippen LogP contribution in [0.5, 0.6) is 17.2 Å². The van der Waals surface area contributed by atoms with Crippen molar-refractivity contribution in [3.05, 3.63) is 49.9 Å². The van der Waals surface area contributed by atoms with Gasteiger partial charge in [0, 0.05) is 4.47 Å². The summed E-state index contributed by atoms with van der Waals surface area (Å²) < 4.78 is 18.2. The molecule has 6 nitrogen and oxygen atoms in total. The predicted octanol–water partition coefficient (Wildman–Crippen LogP) is 4.90. The van der Waals surface area contributed by atoms with Crippen molar-refractivity contribution in [2.24, 2.45) is 5.10 Å². The van der Waals surface area contributed by atoms with Crippen molar-refractivity contribution < 1.29 is 19.0 Å². The lowest BCUT2D eigenvalue weighted by Gasteiger charge is -2.18. The summed E-state index contributed by atoms with van der Waals surface area (Å²) in [5.41, 5.74) is 5.29. The van der Waals surface area contributed by atoms with E-state index < -0.39 is 0 Å². The van der Waals surface area contributed by atoms with Crippen molar-refractivity contribution in [2.45, 2.75) is 26.7 Å². The number of halogens is 2. The number of carbonyl (C=O) groups excluding carboxylic acids is 1. The van der Waals surface area contributed by atoms with Crippen LogP contribution in [0.3, 0.4) is 0 Å². The lowest BCUT2D eigenvalue weighted by molar-refractivity contribution is -0.123. The molecule has 0 saturated heterocycles. The molecule has 8 heteroatoms. The van der Waals surface area contributed by atoms with Gasteiger partial charge in [0.15, 0.2) is 18.1 Å². The van der Waals surface area contributed by atoms with Gasteiger partial charge >= 0.3 is 0 Å². The van der Waals surface area contributed by atoms with Gasteiger partial charge in [0.2, 0.25) is 6.79 Å². The Labute approximate surface area is 180 Å². The number of ether oxygens (including phenoxy) is 3. The van der Waals surface area contributed by atoms with Gasteiger partial charge in [0.25, 0.3) is 5.91 Å². The zero-order valence-corrected chi connectivity index (χ0v) is 18.9. The van der Waals surface area contributed by atoms with Crippen molar-refractivity contribution in [1.29, 1.82) is 0 Å². The predicted molar refractivity (Wildman–Crippen MR) is 114 cm³/mol. The van der Waals surface area contributed by atoms with Crippen LogP contribution >= 0.6 is 31.9 Å². The van der Waals surface area contributed by atoms with E-state index in [0.717, 1.165) is 25.6 Å². The monoisotopic (exact) mass is 510 g/mol. The molecule has 2 aromatic rings. The van der Waals surface area contributed by atoms with Gasteiger partial charge in [-0.1, -0.05) is 29.8 Å². The molecule has 1 heterocycles. The molecule has 1 aliphatic heterocycles. The molecule has 1 amide bonds. The fourth-order valence-corrected chi connectivity index (χ4v) is 3.90. The maximum absolute atomic E-state index is 12.1. The van der Waals surface area contributed by atoms with Crippen LogP contribution in [0, 0.1) is 6.92 Å². The zero-order chi connectivity index (χ0) is 20.3. The summed E-state index contributed by atoms with van der Waals surface area (Å²) in [6.07, 6.45) is 1.54. The van der Waals surface area contributed by atoms with Crippen LogP contribution in [0.4, 0.5) is 0 Å². The number of hydrogen-bond acceptors (Lipinski definition) is 5. The van der Waals surface area contributed by atoms with E-state index >= 15 is 0 Å². The molecule has 0 aliphatic carbocycles. The Morgan fingerprint density at radius 3 is 2.79 bits per heavy atom.